The number of hydrogen-bond donors (Lipinski definition) is 0. The molecule has 6 heteroatoms. The van der Waals surface area contributed by atoms with Gasteiger partial charge in [0, 0.05) is 5.92 Å². The molecule has 0 spiro atoms. The smallest absolute Gasteiger partial charge is 0.343 e. The molecule has 3 aromatic rings. The van der Waals surface area contributed by atoms with E-state index in [1.54, 1.807) is 36.4 Å². The minimum atomic E-state index is -0.516. The molecule has 0 radical (unpaired) electrons. The van der Waals surface area contributed by atoms with E-state index in [0.29, 0.717) is 34.6 Å². The Morgan fingerprint density at radius 1 is 1.17 bits per heavy atom. The second kappa shape index (κ2) is 7.47. The van der Waals surface area contributed by atoms with Gasteiger partial charge in [-0.25, -0.2) is 4.79 Å². The first-order valence-corrected chi connectivity index (χ1v) is 9.19. The zero-order valence-corrected chi connectivity index (χ0v) is 16.2. The van der Waals surface area contributed by atoms with Gasteiger partial charge in [-0.3, -0.25) is 4.79 Å². The molecule has 6 nitrogen and oxygen atoms in total. The van der Waals surface area contributed by atoms with Crippen molar-refractivity contribution >= 4 is 16.9 Å². The molecule has 29 heavy (non-hydrogen) atoms. The van der Waals surface area contributed by atoms with Crippen molar-refractivity contribution in [3.8, 4) is 17.2 Å². The number of para-hydroxylation sites is 1. The first-order chi connectivity index (χ1) is 14.0. The molecule has 0 saturated carbocycles. The number of rotatable bonds is 5. The Morgan fingerprint density at radius 2 is 1.97 bits per heavy atom. The Balaban J connectivity index is 1.83. The molecule has 0 amide bonds. The van der Waals surface area contributed by atoms with E-state index in [-0.39, 0.29) is 12.2 Å². The Bertz CT molecular complexity index is 1170. The third-order valence-electron chi connectivity index (χ3n) is 4.80. The maximum atomic E-state index is 12.7. The summed E-state index contributed by atoms with van der Waals surface area (Å²) in [6.07, 6.45) is 0.0330. The fourth-order valence-corrected chi connectivity index (χ4v) is 3.48. The highest BCUT2D eigenvalue weighted by Crippen LogP contribution is 2.42. The van der Waals surface area contributed by atoms with Crippen LogP contribution in [0.4, 0.5) is 0 Å². The van der Waals surface area contributed by atoms with Gasteiger partial charge in [0.05, 0.1) is 24.5 Å². The molecule has 148 valence electrons. The zero-order valence-electron chi connectivity index (χ0n) is 16.2. The van der Waals surface area contributed by atoms with Gasteiger partial charge in [0.25, 0.3) is 0 Å². The highest BCUT2D eigenvalue weighted by atomic mass is 16.5. The predicted molar refractivity (Wildman–Crippen MR) is 108 cm³/mol. The number of carbonyl (C=O) groups is 1. The van der Waals surface area contributed by atoms with Crippen LogP contribution in [0, 0.1) is 0 Å². The lowest BCUT2D eigenvalue weighted by Gasteiger charge is -2.25. The van der Waals surface area contributed by atoms with Crippen LogP contribution in [0.2, 0.25) is 0 Å². The van der Waals surface area contributed by atoms with E-state index < -0.39 is 17.5 Å². The van der Waals surface area contributed by atoms with E-state index in [9.17, 15) is 9.59 Å². The molecule has 1 aliphatic heterocycles. The van der Waals surface area contributed by atoms with Crippen molar-refractivity contribution in [2.75, 3.05) is 13.7 Å². The average molecular weight is 392 g/mol. The monoisotopic (exact) mass is 392 g/mol. The van der Waals surface area contributed by atoms with Gasteiger partial charge in [0.2, 0.25) is 0 Å². The Kier molecular flexibility index (Phi) is 4.84. The van der Waals surface area contributed by atoms with E-state index in [1.165, 1.54) is 7.11 Å². The number of hydrogen-bond acceptors (Lipinski definition) is 6. The van der Waals surface area contributed by atoms with Crippen LogP contribution in [0.15, 0.2) is 63.8 Å². The first-order valence-electron chi connectivity index (χ1n) is 9.19. The lowest BCUT2D eigenvalue weighted by Crippen LogP contribution is -2.26. The molecule has 0 N–H and O–H groups in total. The van der Waals surface area contributed by atoms with Crippen molar-refractivity contribution in [2.24, 2.45) is 0 Å². The van der Waals surface area contributed by atoms with Crippen molar-refractivity contribution in [2.45, 2.75) is 19.3 Å². The van der Waals surface area contributed by atoms with Crippen molar-refractivity contribution in [1.82, 2.24) is 0 Å². The van der Waals surface area contributed by atoms with E-state index in [4.69, 9.17) is 18.6 Å². The minimum Gasteiger partial charge on any atom is -0.493 e. The molecular formula is C23H20O6. The van der Waals surface area contributed by atoms with Crippen LogP contribution in [-0.4, -0.2) is 19.7 Å². The summed E-state index contributed by atoms with van der Waals surface area (Å²) < 4.78 is 22.1. The first kappa shape index (κ1) is 18.8. The number of esters is 1. The summed E-state index contributed by atoms with van der Waals surface area (Å²) >= 11 is 0. The number of benzene rings is 2. The number of methoxy groups -OCH3 is 1. The van der Waals surface area contributed by atoms with Crippen molar-refractivity contribution < 1.29 is 23.4 Å². The minimum absolute atomic E-state index is 0.0330. The largest absolute Gasteiger partial charge is 0.493 e. The lowest BCUT2D eigenvalue weighted by atomic mass is 9.86. The Morgan fingerprint density at radius 3 is 2.72 bits per heavy atom. The summed E-state index contributed by atoms with van der Waals surface area (Å²) in [6, 6.07) is 12.4. The maximum Gasteiger partial charge on any atom is 0.343 e. The van der Waals surface area contributed by atoms with Crippen LogP contribution >= 0.6 is 0 Å². The number of carbonyl (C=O) groups excluding carboxylic acids is 1. The summed E-state index contributed by atoms with van der Waals surface area (Å²) in [5.41, 5.74) is 1.82. The van der Waals surface area contributed by atoms with Crippen molar-refractivity contribution in [3.63, 3.8) is 0 Å². The molecule has 0 saturated heterocycles. The van der Waals surface area contributed by atoms with Crippen LogP contribution in [0.3, 0.4) is 0 Å². The van der Waals surface area contributed by atoms with E-state index >= 15 is 0 Å². The highest BCUT2D eigenvalue weighted by Gasteiger charge is 2.34. The van der Waals surface area contributed by atoms with Gasteiger partial charge in [0.15, 0.2) is 17.2 Å². The summed E-state index contributed by atoms with van der Waals surface area (Å²) in [7, 11) is 1.54. The molecule has 1 unspecified atom stereocenters. The fourth-order valence-electron chi connectivity index (χ4n) is 3.48. The van der Waals surface area contributed by atoms with E-state index in [1.807, 2.05) is 13.0 Å². The Hall–Kier alpha value is -3.54. The second-order valence-electron chi connectivity index (χ2n) is 7.02. The average Bonchev–Trinajstić information content (AvgIpc) is 2.71. The van der Waals surface area contributed by atoms with Gasteiger partial charge in [-0.15, -0.1) is 0 Å². The van der Waals surface area contributed by atoms with Crippen LogP contribution in [0.25, 0.3) is 11.0 Å². The molecule has 1 aromatic heterocycles. The zero-order chi connectivity index (χ0) is 20.5. The summed E-state index contributed by atoms with van der Waals surface area (Å²) in [5.74, 6) is 0.425. The van der Waals surface area contributed by atoms with Crippen LogP contribution < -0.4 is 19.8 Å². The summed E-state index contributed by atoms with van der Waals surface area (Å²) in [5, 5.41) is 0.591. The van der Waals surface area contributed by atoms with Crippen molar-refractivity contribution in [3.05, 3.63) is 76.2 Å². The molecule has 2 heterocycles. The normalized spacial score (nSPS) is 15.5. The molecule has 1 aliphatic rings. The molecule has 0 fully saturated rings. The topological polar surface area (TPSA) is 75.0 Å². The summed E-state index contributed by atoms with van der Waals surface area (Å²) in [6.45, 7) is 6.06. The number of ether oxygens (including phenoxy) is 3. The fraction of sp³-hybridized carbons (Fsp3) is 0.217. The van der Waals surface area contributed by atoms with Gasteiger partial charge < -0.3 is 18.6 Å². The maximum absolute atomic E-state index is 12.7. The molecule has 2 aromatic carbocycles. The predicted octanol–water partition coefficient (Wildman–Crippen LogP) is 4.20. The van der Waals surface area contributed by atoms with Crippen LogP contribution in [0.5, 0.6) is 17.2 Å². The SMILES string of the molecule is C=C(C)COc1ccc(C2CC(=O)Oc3c2c(=O)oc2ccccc32)cc1OC. The number of fused-ring (bicyclic) bond motifs is 3. The van der Waals surface area contributed by atoms with Gasteiger partial charge in [-0.1, -0.05) is 24.8 Å². The van der Waals surface area contributed by atoms with E-state index in [0.717, 1.165) is 11.1 Å². The quantitative estimate of drug-likeness (QED) is 0.368. The molecule has 4 rings (SSSR count). The highest BCUT2D eigenvalue weighted by molar-refractivity contribution is 5.90. The van der Waals surface area contributed by atoms with Gasteiger partial charge in [-0.05, 0) is 42.3 Å². The summed E-state index contributed by atoms with van der Waals surface area (Å²) in [4.78, 5) is 25.1. The van der Waals surface area contributed by atoms with Gasteiger partial charge in [-0.2, -0.15) is 0 Å². The van der Waals surface area contributed by atoms with E-state index in [2.05, 4.69) is 6.58 Å². The lowest BCUT2D eigenvalue weighted by molar-refractivity contribution is -0.135. The molecular weight excluding hydrogens is 372 g/mol. The molecule has 0 aliphatic carbocycles. The third kappa shape index (κ3) is 3.49. The Labute approximate surface area is 167 Å². The standard InChI is InChI=1S/C23H20O6/c1-13(2)12-27-18-9-8-14(10-19(18)26-3)16-11-20(24)29-22-15-6-4-5-7-17(15)28-23(25)21(16)22/h4-10,16H,1,11-12H2,2-3H3. The van der Waals surface area contributed by atoms with Gasteiger partial charge in [0.1, 0.15) is 12.2 Å². The van der Waals surface area contributed by atoms with Crippen LogP contribution in [0.1, 0.15) is 30.4 Å². The molecule has 1 atom stereocenters. The second-order valence-corrected chi connectivity index (χ2v) is 7.02. The molecule has 0 bridgehead atoms. The van der Waals surface area contributed by atoms with Gasteiger partial charge >= 0.3 is 11.6 Å². The van der Waals surface area contributed by atoms with Crippen molar-refractivity contribution in [1.29, 1.82) is 0 Å². The van der Waals surface area contributed by atoms with Crippen LogP contribution in [-0.2, 0) is 4.79 Å². The third-order valence-corrected chi connectivity index (χ3v) is 4.80.